The number of oxazole rings is 1. The normalized spacial score (nSPS) is 14.9. The molecule has 0 amide bonds. The van der Waals surface area contributed by atoms with Gasteiger partial charge in [-0.3, -0.25) is 14.3 Å². The van der Waals surface area contributed by atoms with Crippen molar-refractivity contribution >= 4 is 17.1 Å². The largest absolute Gasteiger partial charge is 0.480 e. The molecule has 2 aromatic rings. The highest BCUT2D eigenvalue weighted by Gasteiger charge is 2.25. The molecule has 1 fully saturated rings. The van der Waals surface area contributed by atoms with E-state index >= 15 is 0 Å². The molecule has 1 aliphatic rings. The van der Waals surface area contributed by atoms with E-state index in [2.05, 4.69) is 0 Å². The Kier molecular flexibility index (Phi) is 3.79. The van der Waals surface area contributed by atoms with Gasteiger partial charge in [0, 0.05) is 19.6 Å². The molecule has 1 saturated carbocycles. The molecule has 0 unspecified atom stereocenters. The van der Waals surface area contributed by atoms with E-state index in [0.717, 1.165) is 12.1 Å². The van der Waals surface area contributed by atoms with E-state index in [-0.39, 0.29) is 6.54 Å². The topological polar surface area (TPSA) is 75.7 Å². The predicted molar refractivity (Wildman–Crippen MR) is 77.3 cm³/mol. The lowest BCUT2D eigenvalue weighted by atomic mass is 10.3. The Labute approximate surface area is 121 Å². The number of hydrogen-bond donors (Lipinski definition) is 1. The highest BCUT2D eigenvalue weighted by molar-refractivity contribution is 5.72. The number of carboxylic acids is 1. The number of para-hydroxylation sites is 2. The molecule has 0 spiro atoms. The summed E-state index contributed by atoms with van der Waals surface area (Å²) in [7, 11) is 0. The summed E-state index contributed by atoms with van der Waals surface area (Å²) in [5, 5.41) is 8.97. The van der Waals surface area contributed by atoms with Crippen molar-refractivity contribution in [2.45, 2.75) is 19.4 Å². The average molecular weight is 290 g/mol. The highest BCUT2D eigenvalue weighted by atomic mass is 16.4. The third kappa shape index (κ3) is 3.33. The summed E-state index contributed by atoms with van der Waals surface area (Å²) in [5.74, 6) is -0.611. The summed E-state index contributed by atoms with van der Waals surface area (Å²) in [6.07, 6.45) is 2.34. The second-order valence-electron chi connectivity index (χ2n) is 5.56. The van der Waals surface area contributed by atoms with Crippen LogP contribution in [0.2, 0.25) is 0 Å². The van der Waals surface area contributed by atoms with Crippen molar-refractivity contribution in [3.05, 3.63) is 34.8 Å². The van der Waals surface area contributed by atoms with Gasteiger partial charge in [0.25, 0.3) is 0 Å². The molecule has 1 aromatic carbocycles. The van der Waals surface area contributed by atoms with Crippen LogP contribution in [-0.2, 0) is 11.3 Å². The predicted octanol–water partition coefficient (Wildman–Crippen LogP) is 1.39. The van der Waals surface area contributed by atoms with E-state index in [1.807, 2.05) is 23.1 Å². The Morgan fingerprint density at radius 1 is 1.38 bits per heavy atom. The lowest BCUT2D eigenvalue weighted by Gasteiger charge is -2.19. The van der Waals surface area contributed by atoms with Gasteiger partial charge in [0.1, 0.15) is 0 Å². The molecular formula is C15H18N2O4. The maximum atomic E-state index is 11.9. The van der Waals surface area contributed by atoms with Crippen LogP contribution in [0.3, 0.4) is 0 Å². The minimum atomic E-state index is -0.833. The van der Waals surface area contributed by atoms with E-state index in [1.54, 1.807) is 10.6 Å². The van der Waals surface area contributed by atoms with Gasteiger partial charge in [0.15, 0.2) is 5.58 Å². The van der Waals surface area contributed by atoms with Crippen molar-refractivity contribution in [3.8, 4) is 0 Å². The summed E-state index contributed by atoms with van der Waals surface area (Å²) in [6, 6.07) is 7.27. The minimum absolute atomic E-state index is 0.0149. The number of nitrogens with zero attached hydrogens (tertiary/aromatic N) is 2. The molecule has 112 valence electrons. The van der Waals surface area contributed by atoms with Gasteiger partial charge in [0.05, 0.1) is 12.1 Å². The van der Waals surface area contributed by atoms with Gasteiger partial charge in [-0.1, -0.05) is 12.1 Å². The second-order valence-corrected chi connectivity index (χ2v) is 5.56. The summed E-state index contributed by atoms with van der Waals surface area (Å²) in [5.41, 5.74) is 1.32. The number of rotatable bonds is 7. The fourth-order valence-corrected chi connectivity index (χ4v) is 2.56. The summed E-state index contributed by atoms with van der Waals surface area (Å²) < 4.78 is 6.74. The van der Waals surface area contributed by atoms with Gasteiger partial charge >= 0.3 is 11.7 Å². The summed E-state index contributed by atoms with van der Waals surface area (Å²) in [6.45, 7) is 1.78. The average Bonchev–Trinajstić information content (AvgIpc) is 3.18. The van der Waals surface area contributed by atoms with Crippen LogP contribution in [-0.4, -0.2) is 40.2 Å². The summed E-state index contributed by atoms with van der Waals surface area (Å²) >= 11 is 0. The Hall–Kier alpha value is -2.08. The number of benzene rings is 1. The molecule has 21 heavy (non-hydrogen) atoms. The number of aliphatic carboxylic acids is 1. The van der Waals surface area contributed by atoms with Crippen LogP contribution >= 0.6 is 0 Å². The van der Waals surface area contributed by atoms with Crippen LogP contribution in [0.25, 0.3) is 11.1 Å². The molecule has 1 aliphatic carbocycles. The number of carbonyl (C=O) groups is 1. The fourth-order valence-electron chi connectivity index (χ4n) is 2.56. The molecule has 6 heteroatoms. The van der Waals surface area contributed by atoms with Crippen molar-refractivity contribution in [2.75, 3.05) is 19.6 Å². The molecular weight excluding hydrogens is 272 g/mol. The third-order valence-electron chi connectivity index (χ3n) is 3.79. The minimum Gasteiger partial charge on any atom is -0.480 e. The van der Waals surface area contributed by atoms with Gasteiger partial charge in [-0.2, -0.15) is 0 Å². The molecule has 0 radical (unpaired) electrons. The van der Waals surface area contributed by atoms with E-state index in [0.29, 0.717) is 24.6 Å². The van der Waals surface area contributed by atoms with Crippen molar-refractivity contribution in [1.82, 2.24) is 9.47 Å². The maximum absolute atomic E-state index is 11.9. The molecule has 0 bridgehead atoms. The number of hydrogen-bond acceptors (Lipinski definition) is 4. The quantitative estimate of drug-likeness (QED) is 0.834. The highest BCUT2D eigenvalue weighted by Crippen LogP contribution is 2.29. The van der Waals surface area contributed by atoms with Crippen LogP contribution in [0, 0.1) is 5.92 Å². The first-order chi connectivity index (χ1) is 10.1. The van der Waals surface area contributed by atoms with Crippen LogP contribution in [0.4, 0.5) is 0 Å². The zero-order chi connectivity index (χ0) is 14.8. The van der Waals surface area contributed by atoms with Crippen LogP contribution < -0.4 is 5.76 Å². The van der Waals surface area contributed by atoms with E-state index in [9.17, 15) is 9.59 Å². The van der Waals surface area contributed by atoms with Gasteiger partial charge in [-0.05, 0) is 30.9 Å². The number of carboxylic acid groups (broad SMARTS) is 1. The first-order valence-corrected chi connectivity index (χ1v) is 7.16. The standard InChI is InChI=1S/C15H18N2O4/c18-14(19)10-16(9-11-5-6-11)7-8-17-12-3-1-2-4-13(12)21-15(17)20/h1-4,11H,5-10H2,(H,18,19). The number of aromatic nitrogens is 1. The smallest absolute Gasteiger partial charge is 0.419 e. The van der Waals surface area contributed by atoms with Crippen molar-refractivity contribution in [2.24, 2.45) is 5.92 Å². The number of fused-ring (bicyclic) bond motifs is 1. The van der Waals surface area contributed by atoms with E-state index < -0.39 is 11.7 Å². The molecule has 1 heterocycles. The first kappa shape index (κ1) is 13.9. The molecule has 3 rings (SSSR count). The van der Waals surface area contributed by atoms with Gasteiger partial charge in [-0.25, -0.2) is 4.79 Å². The third-order valence-corrected chi connectivity index (χ3v) is 3.79. The first-order valence-electron chi connectivity index (χ1n) is 7.16. The van der Waals surface area contributed by atoms with Crippen molar-refractivity contribution < 1.29 is 14.3 Å². The Bertz CT molecular complexity index is 699. The van der Waals surface area contributed by atoms with Crippen molar-refractivity contribution in [1.29, 1.82) is 0 Å². The second kappa shape index (κ2) is 5.73. The van der Waals surface area contributed by atoms with E-state index in [1.165, 1.54) is 12.8 Å². The van der Waals surface area contributed by atoms with Crippen molar-refractivity contribution in [3.63, 3.8) is 0 Å². The van der Waals surface area contributed by atoms with Crippen LogP contribution in [0.15, 0.2) is 33.5 Å². The molecule has 0 aliphatic heterocycles. The Balaban J connectivity index is 1.72. The molecule has 6 nitrogen and oxygen atoms in total. The molecule has 1 N–H and O–H groups in total. The Morgan fingerprint density at radius 3 is 2.86 bits per heavy atom. The Morgan fingerprint density at radius 2 is 2.14 bits per heavy atom. The van der Waals surface area contributed by atoms with E-state index in [4.69, 9.17) is 9.52 Å². The maximum Gasteiger partial charge on any atom is 0.419 e. The van der Waals surface area contributed by atoms with Gasteiger partial charge in [0.2, 0.25) is 0 Å². The monoisotopic (exact) mass is 290 g/mol. The van der Waals surface area contributed by atoms with Gasteiger partial charge in [-0.15, -0.1) is 0 Å². The van der Waals surface area contributed by atoms with Crippen LogP contribution in [0.1, 0.15) is 12.8 Å². The molecule has 0 atom stereocenters. The van der Waals surface area contributed by atoms with Gasteiger partial charge < -0.3 is 9.52 Å². The molecule has 1 aromatic heterocycles. The SMILES string of the molecule is O=C(O)CN(CCn1c(=O)oc2ccccc21)CC1CC1. The molecule has 0 saturated heterocycles. The fraction of sp³-hybridized carbons (Fsp3) is 0.467. The lowest BCUT2D eigenvalue weighted by molar-refractivity contribution is -0.138. The zero-order valence-electron chi connectivity index (χ0n) is 11.7. The lowest BCUT2D eigenvalue weighted by Crippen LogP contribution is -2.35. The van der Waals surface area contributed by atoms with Crippen LogP contribution in [0.5, 0.6) is 0 Å². The summed E-state index contributed by atoms with van der Waals surface area (Å²) in [4.78, 5) is 24.7. The zero-order valence-corrected chi connectivity index (χ0v) is 11.7.